The number of nitrogens with zero attached hydrogens (tertiary/aromatic N) is 5. The molecule has 1 aromatic heterocycles. The van der Waals surface area contributed by atoms with Crippen LogP contribution >= 0.6 is 23.4 Å². The van der Waals surface area contributed by atoms with Crippen LogP contribution in [0.1, 0.15) is 50.9 Å². The number of halogens is 1. The second-order valence-corrected chi connectivity index (χ2v) is 10.4. The van der Waals surface area contributed by atoms with E-state index in [9.17, 15) is 4.79 Å². The first-order chi connectivity index (χ1) is 16.5. The van der Waals surface area contributed by atoms with Crippen LogP contribution in [0.2, 0.25) is 5.02 Å². The third-order valence-corrected chi connectivity index (χ3v) is 7.62. The summed E-state index contributed by atoms with van der Waals surface area (Å²) in [4.78, 5) is 17.7. The molecule has 0 saturated heterocycles. The molecule has 34 heavy (non-hydrogen) atoms. The molecule has 3 aromatic rings. The number of aromatic nitrogens is 3. The van der Waals surface area contributed by atoms with Crippen LogP contribution in [-0.4, -0.2) is 51.5 Å². The fraction of sp³-hybridized carbons (Fsp3) is 0.423. The molecule has 1 heterocycles. The average molecular weight is 498 g/mol. The third kappa shape index (κ3) is 5.65. The molecule has 1 saturated carbocycles. The molecule has 0 N–H and O–H groups in total. The number of thioether (sulfide) groups is 1. The number of amides is 1. The van der Waals surface area contributed by atoms with Gasteiger partial charge in [-0.3, -0.25) is 14.3 Å². The van der Waals surface area contributed by atoms with Crippen molar-refractivity contribution in [1.82, 2.24) is 19.7 Å². The van der Waals surface area contributed by atoms with E-state index in [0.717, 1.165) is 30.0 Å². The number of carbonyl (C=O) groups excluding carboxylic acids is 1. The smallest absolute Gasteiger partial charge is 0.237 e. The van der Waals surface area contributed by atoms with E-state index in [-0.39, 0.29) is 18.0 Å². The van der Waals surface area contributed by atoms with Crippen molar-refractivity contribution in [2.75, 3.05) is 24.7 Å². The predicted molar refractivity (Wildman–Crippen MR) is 140 cm³/mol. The Kier molecular flexibility index (Phi) is 8.29. The van der Waals surface area contributed by atoms with Gasteiger partial charge in [-0.15, -0.1) is 10.2 Å². The van der Waals surface area contributed by atoms with Crippen LogP contribution in [0.15, 0.2) is 59.8 Å². The summed E-state index contributed by atoms with van der Waals surface area (Å²) in [5.74, 6) is 1.23. The summed E-state index contributed by atoms with van der Waals surface area (Å²) in [5, 5.41) is 10.4. The van der Waals surface area contributed by atoms with Crippen molar-refractivity contribution in [3.63, 3.8) is 0 Å². The van der Waals surface area contributed by atoms with Gasteiger partial charge in [-0.2, -0.15) is 0 Å². The summed E-state index contributed by atoms with van der Waals surface area (Å²) in [6.45, 7) is 2.09. The number of anilines is 1. The number of rotatable bonds is 8. The highest BCUT2D eigenvalue weighted by Gasteiger charge is 2.28. The third-order valence-electron chi connectivity index (χ3n) is 6.46. The van der Waals surface area contributed by atoms with E-state index in [1.165, 1.54) is 31.0 Å². The van der Waals surface area contributed by atoms with Crippen LogP contribution in [0.5, 0.6) is 0 Å². The van der Waals surface area contributed by atoms with Gasteiger partial charge in [0.05, 0.1) is 11.8 Å². The lowest BCUT2D eigenvalue weighted by atomic mass is 9.93. The standard InChI is InChI=1S/C26H32ClN5OS/c1-19(30(2)3)25-28-29-26(32(25)23-16-14-20(27)15-17-23)34-18-24(33)31(21-10-6-4-7-11-21)22-12-8-5-9-13-22/h4,6-7,10-11,14-17,19,22H,5,8-9,12-13,18H2,1-3H3/t19-/m0/s1. The van der Waals surface area contributed by atoms with E-state index in [2.05, 4.69) is 22.0 Å². The summed E-state index contributed by atoms with van der Waals surface area (Å²) in [7, 11) is 4.04. The van der Waals surface area contributed by atoms with E-state index < -0.39 is 0 Å². The first-order valence-corrected chi connectivity index (χ1v) is 13.2. The molecule has 8 heteroatoms. The van der Waals surface area contributed by atoms with Crippen LogP contribution in [0, 0.1) is 0 Å². The van der Waals surface area contributed by atoms with Gasteiger partial charge in [0.1, 0.15) is 0 Å². The van der Waals surface area contributed by atoms with Gasteiger partial charge >= 0.3 is 0 Å². The Morgan fingerprint density at radius 2 is 1.74 bits per heavy atom. The van der Waals surface area contributed by atoms with Gasteiger partial charge < -0.3 is 4.90 Å². The molecule has 0 bridgehead atoms. The highest BCUT2D eigenvalue weighted by molar-refractivity contribution is 7.99. The van der Waals surface area contributed by atoms with Gasteiger partial charge in [0.15, 0.2) is 11.0 Å². The quantitative estimate of drug-likeness (QED) is 0.357. The normalized spacial score (nSPS) is 15.4. The second-order valence-electron chi connectivity index (χ2n) is 8.97. The number of hydrogen-bond acceptors (Lipinski definition) is 5. The SMILES string of the molecule is C[C@@H](c1nnc(SCC(=O)N(c2ccccc2)C2CCCCC2)n1-c1ccc(Cl)cc1)N(C)C. The Hall–Kier alpha value is -2.35. The van der Waals surface area contributed by atoms with Crippen LogP contribution in [0.3, 0.4) is 0 Å². The largest absolute Gasteiger partial charge is 0.309 e. The molecule has 0 unspecified atom stereocenters. The van der Waals surface area contributed by atoms with Gasteiger partial charge in [0.25, 0.3) is 0 Å². The molecule has 180 valence electrons. The van der Waals surface area contributed by atoms with Crippen molar-refractivity contribution < 1.29 is 4.79 Å². The topological polar surface area (TPSA) is 54.3 Å². The second kappa shape index (κ2) is 11.4. The van der Waals surface area contributed by atoms with Crippen molar-refractivity contribution >= 4 is 35.0 Å². The molecule has 1 aliphatic rings. The molecule has 0 radical (unpaired) electrons. The number of benzene rings is 2. The maximum Gasteiger partial charge on any atom is 0.237 e. The highest BCUT2D eigenvalue weighted by atomic mass is 35.5. The molecule has 2 aromatic carbocycles. The lowest BCUT2D eigenvalue weighted by Gasteiger charge is -2.34. The van der Waals surface area contributed by atoms with E-state index >= 15 is 0 Å². The summed E-state index contributed by atoms with van der Waals surface area (Å²) >= 11 is 7.57. The molecule has 1 fully saturated rings. The van der Waals surface area contributed by atoms with E-state index in [1.54, 1.807) is 0 Å². The van der Waals surface area contributed by atoms with Crippen LogP contribution in [-0.2, 0) is 4.79 Å². The van der Waals surface area contributed by atoms with Crippen LogP contribution in [0.4, 0.5) is 5.69 Å². The zero-order valence-corrected chi connectivity index (χ0v) is 21.6. The molecule has 6 nitrogen and oxygen atoms in total. The van der Waals surface area contributed by atoms with Gasteiger partial charge in [-0.05, 0) is 70.3 Å². The van der Waals surface area contributed by atoms with Gasteiger partial charge in [-0.25, -0.2) is 0 Å². The Balaban J connectivity index is 1.60. The van der Waals surface area contributed by atoms with E-state index in [1.807, 2.05) is 78.2 Å². The molecule has 0 aliphatic heterocycles. The van der Waals surface area contributed by atoms with E-state index in [4.69, 9.17) is 11.6 Å². The fourth-order valence-electron chi connectivity index (χ4n) is 4.39. The maximum absolute atomic E-state index is 13.6. The van der Waals surface area contributed by atoms with Crippen molar-refractivity contribution in [2.24, 2.45) is 0 Å². The Labute approximate surface area is 211 Å². The van der Waals surface area contributed by atoms with Crippen molar-refractivity contribution in [3.05, 3.63) is 65.4 Å². The summed E-state index contributed by atoms with van der Waals surface area (Å²) in [6, 6.07) is 18.0. The zero-order chi connectivity index (χ0) is 24.1. The summed E-state index contributed by atoms with van der Waals surface area (Å²) < 4.78 is 2.03. The predicted octanol–water partition coefficient (Wildman–Crippen LogP) is 6.00. The lowest BCUT2D eigenvalue weighted by Crippen LogP contribution is -2.42. The van der Waals surface area contributed by atoms with Crippen molar-refractivity contribution in [1.29, 1.82) is 0 Å². The Morgan fingerprint density at radius 1 is 1.06 bits per heavy atom. The molecule has 0 spiro atoms. The van der Waals surface area contributed by atoms with Crippen molar-refractivity contribution in [2.45, 2.75) is 56.3 Å². The van der Waals surface area contributed by atoms with Gasteiger partial charge in [-0.1, -0.05) is 60.8 Å². The highest BCUT2D eigenvalue weighted by Crippen LogP contribution is 2.31. The van der Waals surface area contributed by atoms with Crippen LogP contribution in [0.25, 0.3) is 5.69 Å². The number of hydrogen-bond donors (Lipinski definition) is 0. The number of carbonyl (C=O) groups is 1. The van der Waals surface area contributed by atoms with Crippen molar-refractivity contribution in [3.8, 4) is 5.69 Å². The fourth-order valence-corrected chi connectivity index (χ4v) is 5.34. The van der Waals surface area contributed by atoms with Crippen LogP contribution < -0.4 is 4.90 Å². The first kappa shape index (κ1) is 24.8. The van der Waals surface area contributed by atoms with Gasteiger partial charge in [0.2, 0.25) is 5.91 Å². The molecule has 1 atom stereocenters. The molecule has 4 rings (SSSR count). The lowest BCUT2D eigenvalue weighted by molar-refractivity contribution is -0.116. The Morgan fingerprint density at radius 3 is 2.38 bits per heavy atom. The first-order valence-electron chi connectivity index (χ1n) is 11.8. The molecule has 1 aliphatic carbocycles. The number of para-hydroxylation sites is 1. The summed E-state index contributed by atoms with van der Waals surface area (Å²) in [6.07, 6.45) is 5.70. The molecule has 1 amide bonds. The minimum Gasteiger partial charge on any atom is -0.309 e. The molecular weight excluding hydrogens is 466 g/mol. The monoisotopic (exact) mass is 497 g/mol. The minimum absolute atomic E-state index is 0.0521. The molecular formula is C26H32ClN5OS. The minimum atomic E-state index is 0.0521. The maximum atomic E-state index is 13.6. The van der Waals surface area contributed by atoms with Gasteiger partial charge in [0, 0.05) is 22.4 Å². The Bertz CT molecular complexity index is 1080. The zero-order valence-electron chi connectivity index (χ0n) is 20.0. The average Bonchev–Trinajstić information content (AvgIpc) is 3.28. The summed E-state index contributed by atoms with van der Waals surface area (Å²) in [5.41, 5.74) is 1.90. The van der Waals surface area contributed by atoms with E-state index in [0.29, 0.717) is 15.9 Å².